The molecule has 1 N–H and O–H groups in total. The van der Waals surface area contributed by atoms with Gasteiger partial charge in [-0.05, 0) is 18.1 Å². The molecule has 0 bridgehead atoms. The van der Waals surface area contributed by atoms with E-state index in [4.69, 9.17) is 5.10 Å². The topological polar surface area (TPSA) is 63.6 Å². The summed E-state index contributed by atoms with van der Waals surface area (Å²) < 4.78 is 2.06. The highest BCUT2D eigenvalue weighted by Gasteiger charge is 2.23. The average molecular weight is 419 g/mol. The number of H-pyrrole nitrogens is 1. The summed E-state index contributed by atoms with van der Waals surface area (Å²) in [5.74, 6) is 0. The molecule has 0 saturated carbocycles. The van der Waals surface area contributed by atoms with Crippen molar-refractivity contribution in [2.45, 2.75) is 13.0 Å². The molecule has 0 spiro atoms. The predicted molar refractivity (Wildman–Crippen MR) is 127 cm³/mol. The molecule has 5 heteroatoms. The molecule has 0 atom stereocenters. The maximum Gasteiger partial charge on any atom is 0.264 e. The van der Waals surface area contributed by atoms with Crippen molar-refractivity contribution in [3.63, 3.8) is 0 Å². The number of aryl methyl sites for hydroxylation is 2. The first kappa shape index (κ1) is 19.7. The van der Waals surface area contributed by atoms with Crippen LogP contribution in [0.15, 0.2) is 108 Å². The zero-order chi connectivity index (χ0) is 21.8. The lowest BCUT2D eigenvalue weighted by Crippen LogP contribution is -2.07. The van der Waals surface area contributed by atoms with E-state index in [-0.39, 0.29) is 5.56 Å². The van der Waals surface area contributed by atoms with Crippen molar-refractivity contribution in [1.82, 2.24) is 20.0 Å². The molecule has 2 heterocycles. The second-order valence-corrected chi connectivity index (χ2v) is 7.57. The van der Waals surface area contributed by atoms with E-state index in [9.17, 15) is 4.79 Å². The van der Waals surface area contributed by atoms with Gasteiger partial charge in [0.1, 0.15) is 5.69 Å². The molecule has 0 aliphatic rings. The van der Waals surface area contributed by atoms with Gasteiger partial charge in [0.2, 0.25) is 0 Å². The van der Waals surface area contributed by atoms with Gasteiger partial charge >= 0.3 is 0 Å². The molecule has 5 nitrogen and oxygen atoms in total. The molecule has 0 aliphatic carbocycles. The Kier molecular flexibility index (Phi) is 5.45. The van der Waals surface area contributed by atoms with Crippen molar-refractivity contribution in [3.8, 4) is 33.8 Å². The maximum absolute atomic E-state index is 11.7. The molecular formula is C27H22N4O. The Morgan fingerprint density at radius 2 is 1.34 bits per heavy atom. The van der Waals surface area contributed by atoms with E-state index in [2.05, 4.69) is 51.3 Å². The molecule has 2 aromatic heterocycles. The minimum Gasteiger partial charge on any atom is -0.268 e. The molecule has 3 aromatic carbocycles. The molecule has 0 unspecified atom stereocenters. The summed E-state index contributed by atoms with van der Waals surface area (Å²) in [6.07, 6.45) is 0.856. The van der Waals surface area contributed by atoms with Gasteiger partial charge in [-0.1, -0.05) is 91.0 Å². The molecule has 0 radical (unpaired) electrons. The zero-order valence-corrected chi connectivity index (χ0v) is 17.5. The number of aromatic nitrogens is 4. The fourth-order valence-electron chi connectivity index (χ4n) is 3.92. The lowest BCUT2D eigenvalue weighted by Gasteiger charge is -2.10. The average Bonchev–Trinajstić information content (AvgIpc) is 3.24. The molecule has 0 fully saturated rings. The van der Waals surface area contributed by atoms with Crippen LogP contribution in [0, 0.1) is 0 Å². The first-order chi connectivity index (χ1) is 15.8. The zero-order valence-electron chi connectivity index (χ0n) is 17.5. The monoisotopic (exact) mass is 418 g/mol. The van der Waals surface area contributed by atoms with Gasteiger partial charge in [-0.3, -0.25) is 9.48 Å². The minimum atomic E-state index is -0.229. The molecule has 5 rings (SSSR count). The van der Waals surface area contributed by atoms with Gasteiger partial charge in [0.15, 0.2) is 0 Å². The standard InChI is InChI=1S/C27H22N4O/c32-24-17-16-23(28-29-24)25-26(21-12-6-2-7-13-21)30-31(19-18-20-10-4-1-5-11-20)27(25)22-14-8-3-9-15-22/h1-17H,18-19H2,(H,29,32). The van der Waals surface area contributed by atoms with Gasteiger partial charge in [-0.25, -0.2) is 5.10 Å². The van der Waals surface area contributed by atoms with E-state index in [1.54, 1.807) is 6.07 Å². The summed E-state index contributed by atoms with van der Waals surface area (Å²) >= 11 is 0. The Balaban J connectivity index is 1.72. The number of nitrogens with one attached hydrogen (secondary N) is 1. The minimum absolute atomic E-state index is 0.229. The molecule has 5 aromatic rings. The molecule has 156 valence electrons. The molecule has 32 heavy (non-hydrogen) atoms. The van der Waals surface area contributed by atoms with E-state index in [1.807, 2.05) is 54.6 Å². The number of benzene rings is 3. The highest BCUT2D eigenvalue weighted by Crippen LogP contribution is 2.38. The third-order valence-corrected chi connectivity index (χ3v) is 5.44. The van der Waals surface area contributed by atoms with Crippen LogP contribution in [0.3, 0.4) is 0 Å². The maximum atomic E-state index is 11.7. The van der Waals surface area contributed by atoms with Crippen molar-refractivity contribution < 1.29 is 0 Å². The lowest BCUT2D eigenvalue weighted by molar-refractivity contribution is 0.623. The number of aromatic amines is 1. The summed E-state index contributed by atoms with van der Waals surface area (Å²) in [7, 11) is 0. The molecule has 0 saturated heterocycles. The van der Waals surface area contributed by atoms with Crippen LogP contribution in [0.5, 0.6) is 0 Å². The molecular weight excluding hydrogens is 396 g/mol. The van der Waals surface area contributed by atoms with E-state index >= 15 is 0 Å². The van der Waals surface area contributed by atoms with Crippen LogP contribution in [0.25, 0.3) is 33.8 Å². The summed E-state index contributed by atoms with van der Waals surface area (Å²) in [6.45, 7) is 0.720. The highest BCUT2D eigenvalue weighted by atomic mass is 16.1. The summed E-state index contributed by atoms with van der Waals surface area (Å²) in [6, 6.07) is 34.0. The van der Waals surface area contributed by atoms with Crippen LogP contribution in [-0.2, 0) is 13.0 Å². The van der Waals surface area contributed by atoms with Crippen molar-refractivity contribution in [1.29, 1.82) is 0 Å². The van der Waals surface area contributed by atoms with Gasteiger partial charge < -0.3 is 0 Å². The smallest absolute Gasteiger partial charge is 0.264 e. The van der Waals surface area contributed by atoms with Crippen molar-refractivity contribution in [3.05, 3.63) is 119 Å². The van der Waals surface area contributed by atoms with Gasteiger partial charge in [0.05, 0.1) is 17.0 Å². The van der Waals surface area contributed by atoms with E-state index < -0.39 is 0 Å². The summed E-state index contributed by atoms with van der Waals surface area (Å²) in [5, 5.41) is 12.0. The number of rotatable bonds is 6. The SMILES string of the molecule is O=c1ccc(-c2c(-c3ccccc3)nn(CCc3ccccc3)c2-c2ccccc2)n[nH]1. The van der Waals surface area contributed by atoms with Gasteiger partial charge in [-0.2, -0.15) is 10.2 Å². The normalized spacial score (nSPS) is 10.9. The third kappa shape index (κ3) is 4.01. The fraction of sp³-hybridized carbons (Fsp3) is 0.0741. The van der Waals surface area contributed by atoms with Gasteiger partial charge in [0, 0.05) is 23.7 Å². The Hall–Kier alpha value is -4.25. The predicted octanol–water partition coefficient (Wildman–Crippen LogP) is 5.21. The summed E-state index contributed by atoms with van der Waals surface area (Å²) in [4.78, 5) is 11.7. The third-order valence-electron chi connectivity index (χ3n) is 5.44. The van der Waals surface area contributed by atoms with Crippen LogP contribution in [0.1, 0.15) is 5.56 Å². The second kappa shape index (κ2) is 8.86. The van der Waals surface area contributed by atoms with Crippen molar-refractivity contribution in [2.24, 2.45) is 0 Å². The molecule has 0 amide bonds. The fourth-order valence-corrected chi connectivity index (χ4v) is 3.92. The Morgan fingerprint density at radius 3 is 1.97 bits per heavy atom. The van der Waals surface area contributed by atoms with Crippen LogP contribution in [-0.4, -0.2) is 20.0 Å². The number of hydrogen-bond acceptors (Lipinski definition) is 3. The summed E-state index contributed by atoms with van der Waals surface area (Å²) in [5.41, 5.74) is 6.51. The van der Waals surface area contributed by atoms with E-state index in [0.717, 1.165) is 41.0 Å². The van der Waals surface area contributed by atoms with Gasteiger partial charge in [-0.15, -0.1) is 0 Å². The molecule has 0 aliphatic heterocycles. The van der Waals surface area contributed by atoms with E-state index in [1.165, 1.54) is 11.6 Å². The Labute approximate surface area is 186 Å². The van der Waals surface area contributed by atoms with Crippen LogP contribution in [0.4, 0.5) is 0 Å². The first-order valence-corrected chi connectivity index (χ1v) is 10.6. The van der Waals surface area contributed by atoms with Crippen LogP contribution < -0.4 is 5.56 Å². The lowest BCUT2D eigenvalue weighted by atomic mass is 9.99. The highest BCUT2D eigenvalue weighted by molar-refractivity contribution is 5.90. The largest absolute Gasteiger partial charge is 0.268 e. The Bertz CT molecular complexity index is 1350. The number of nitrogens with zero attached hydrogens (tertiary/aromatic N) is 3. The van der Waals surface area contributed by atoms with Crippen molar-refractivity contribution >= 4 is 0 Å². The van der Waals surface area contributed by atoms with E-state index in [0.29, 0.717) is 5.69 Å². The Morgan fingerprint density at radius 1 is 0.719 bits per heavy atom. The first-order valence-electron chi connectivity index (χ1n) is 10.6. The second-order valence-electron chi connectivity index (χ2n) is 7.57. The van der Waals surface area contributed by atoms with Gasteiger partial charge in [0.25, 0.3) is 5.56 Å². The van der Waals surface area contributed by atoms with Crippen LogP contribution >= 0.6 is 0 Å². The quantitative estimate of drug-likeness (QED) is 0.412. The van der Waals surface area contributed by atoms with Crippen LogP contribution in [0.2, 0.25) is 0 Å². The number of hydrogen-bond donors (Lipinski definition) is 1. The van der Waals surface area contributed by atoms with Crippen molar-refractivity contribution in [2.75, 3.05) is 0 Å².